The molecule has 1 saturated heterocycles. The van der Waals surface area contributed by atoms with Gasteiger partial charge >= 0.3 is 6.03 Å². The zero-order chi connectivity index (χ0) is 25.8. The maximum atomic E-state index is 14.8. The number of nitriles is 1. The van der Waals surface area contributed by atoms with Gasteiger partial charge in [-0.2, -0.15) is 9.65 Å². The first-order chi connectivity index (χ1) is 18.0. The van der Waals surface area contributed by atoms with Crippen LogP contribution in [0.3, 0.4) is 0 Å². The Morgan fingerprint density at radius 1 is 1.19 bits per heavy atom. The van der Waals surface area contributed by atoms with Crippen LogP contribution >= 0.6 is 11.3 Å². The van der Waals surface area contributed by atoms with Crippen molar-refractivity contribution < 1.29 is 13.6 Å². The molecule has 4 heterocycles. The van der Waals surface area contributed by atoms with Crippen LogP contribution in [0.1, 0.15) is 5.56 Å². The number of hydrogen-bond acceptors (Lipinski definition) is 8. The Balaban J connectivity index is 1.44. The topological polar surface area (TPSA) is 119 Å². The Kier molecular flexibility index (Phi) is 7.16. The second kappa shape index (κ2) is 10.8. The largest absolute Gasteiger partial charge is 0.352 e. The summed E-state index contributed by atoms with van der Waals surface area (Å²) < 4.78 is 29.8. The third-order valence-electron chi connectivity index (χ3n) is 5.89. The van der Waals surface area contributed by atoms with Crippen LogP contribution in [0.25, 0.3) is 31.8 Å². The van der Waals surface area contributed by atoms with Gasteiger partial charge in [0.2, 0.25) is 11.9 Å². The number of carbonyl (C=O) groups excluding carboxylic acids is 1. The van der Waals surface area contributed by atoms with E-state index in [1.807, 2.05) is 30.3 Å². The lowest BCUT2D eigenvalue weighted by Gasteiger charge is -2.14. The summed E-state index contributed by atoms with van der Waals surface area (Å²) in [5.74, 6) is -0.915. The predicted octanol–water partition coefficient (Wildman–Crippen LogP) is 3.75. The molecule has 0 bridgehead atoms. The van der Waals surface area contributed by atoms with Crippen molar-refractivity contribution in [2.24, 2.45) is 0 Å². The minimum Gasteiger partial charge on any atom is -0.352 e. The molecule has 12 heteroatoms. The standard InChI is InChI=1S/C25H22F2N8OS/c26-19-14-33-24(30-6-8-35-9-7-31-25(35)36)34-22(19)20-10-15-2-1-3-17(23(15)37-20)18-11-21(27)32-13-16(18)12-29-5-4-28/h1-3,10-11,13-14,29H,5-9,12H2,(H,31,36)(H,30,33,34). The lowest BCUT2D eigenvalue weighted by atomic mass is 10.0. The smallest absolute Gasteiger partial charge is 0.317 e. The van der Waals surface area contributed by atoms with Gasteiger partial charge in [0.05, 0.1) is 23.7 Å². The fraction of sp³-hybridized carbons (Fsp3) is 0.240. The summed E-state index contributed by atoms with van der Waals surface area (Å²) in [5, 5.41) is 18.5. The number of halogens is 2. The zero-order valence-corrected chi connectivity index (χ0v) is 20.4. The average Bonchev–Trinajstić information content (AvgIpc) is 3.52. The Bertz CT molecular complexity index is 1500. The molecule has 3 N–H and O–H groups in total. The van der Waals surface area contributed by atoms with E-state index in [1.165, 1.54) is 23.6 Å². The minimum absolute atomic E-state index is 0.110. The summed E-state index contributed by atoms with van der Waals surface area (Å²) in [6, 6.07) is 10.8. The Hall–Kier alpha value is -4.21. The number of nitrogens with one attached hydrogen (secondary N) is 3. The van der Waals surface area contributed by atoms with Crippen molar-refractivity contribution in [3.05, 3.63) is 60.1 Å². The van der Waals surface area contributed by atoms with Crippen LogP contribution < -0.4 is 16.0 Å². The number of aromatic nitrogens is 3. The number of fused-ring (bicyclic) bond motifs is 1. The molecule has 37 heavy (non-hydrogen) atoms. The number of rotatable bonds is 9. The number of carbonyl (C=O) groups is 1. The van der Waals surface area contributed by atoms with Crippen molar-refractivity contribution in [1.29, 1.82) is 5.26 Å². The number of nitrogens with zero attached hydrogens (tertiary/aromatic N) is 5. The molecule has 2 amide bonds. The van der Waals surface area contributed by atoms with Crippen LogP contribution in [0.5, 0.6) is 0 Å². The van der Waals surface area contributed by atoms with Crippen molar-refractivity contribution in [2.75, 3.05) is 38.0 Å². The van der Waals surface area contributed by atoms with Gasteiger partial charge in [0.15, 0.2) is 5.82 Å². The number of thiophene rings is 1. The average molecular weight is 521 g/mol. The van der Waals surface area contributed by atoms with E-state index in [4.69, 9.17) is 5.26 Å². The highest BCUT2D eigenvalue weighted by Crippen LogP contribution is 2.40. The van der Waals surface area contributed by atoms with E-state index in [9.17, 15) is 13.6 Å². The third-order valence-corrected chi connectivity index (χ3v) is 7.09. The van der Waals surface area contributed by atoms with Gasteiger partial charge < -0.3 is 20.9 Å². The van der Waals surface area contributed by atoms with Crippen molar-refractivity contribution in [1.82, 2.24) is 30.5 Å². The fourth-order valence-corrected chi connectivity index (χ4v) is 5.33. The van der Waals surface area contributed by atoms with Crippen molar-refractivity contribution in [3.8, 4) is 27.8 Å². The molecule has 0 atom stereocenters. The van der Waals surface area contributed by atoms with Gasteiger partial charge in [-0.05, 0) is 22.6 Å². The molecule has 0 aliphatic carbocycles. The van der Waals surface area contributed by atoms with Gasteiger partial charge in [-0.25, -0.2) is 24.1 Å². The van der Waals surface area contributed by atoms with Gasteiger partial charge in [0.25, 0.3) is 0 Å². The summed E-state index contributed by atoms with van der Waals surface area (Å²) in [6.07, 6.45) is 2.58. The minimum atomic E-state index is -0.614. The fourth-order valence-electron chi connectivity index (χ4n) is 4.15. The molecule has 5 rings (SSSR count). The highest BCUT2D eigenvalue weighted by atomic mass is 32.1. The molecular formula is C25H22F2N8OS. The van der Waals surface area contributed by atoms with Crippen molar-refractivity contribution in [2.45, 2.75) is 6.54 Å². The quantitative estimate of drug-likeness (QED) is 0.175. The second-order valence-corrected chi connectivity index (χ2v) is 9.35. The molecule has 0 saturated carbocycles. The van der Waals surface area contributed by atoms with E-state index >= 15 is 0 Å². The number of urea groups is 1. The summed E-state index contributed by atoms with van der Waals surface area (Å²) in [7, 11) is 0. The van der Waals surface area contributed by atoms with Gasteiger partial charge in [-0.3, -0.25) is 0 Å². The molecule has 4 aromatic rings. The second-order valence-electron chi connectivity index (χ2n) is 8.30. The van der Waals surface area contributed by atoms with Gasteiger partial charge in [-0.15, -0.1) is 11.3 Å². The molecule has 0 unspecified atom stereocenters. The molecule has 1 aromatic carbocycles. The van der Waals surface area contributed by atoms with E-state index in [0.717, 1.165) is 27.4 Å². The van der Waals surface area contributed by atoms with Gasteiger partial charge in [0, 0.05) is 55.3 Å². The predicted molar refractivity (Wildman–Crippen MR) is 137 cm³/mol. The van der Waals surface area contributed by atoms with Crippen LogP contribution in [0.4, 0.5) is 19.5 Å². The number of benzene rings is 1. The molecule has 0 spiro atoms. The zero-order valence-electron chi connectivity index (χ0n) is 19.6. The maximum Gasteiger partial charge on any atom is 0.317 e. The van der Waals surface area contributed by atoms with Crippen LogP contribution in [0.2, 0.25) is 0 Å². The van der Waals surface area contributed by atoms with Crippen LogP contribution in [0.15, 0.2) is 42.7 Å². The van der Waals surface area contributed by atoms with Crippen LogP contribution in [-0.2, 0) is 6.54 Å². The maximum absolute atomic E-state index is 14.8. The van der Waals surface area contributed by atoms with Crippen LogP contribution in [-0.4, -0.2) is 58.6 Å². The molecular weight excluding hydrogens is 498 g/mol. The Morgan fingerprint density at radius 2 is 2.08 bits per heavy atom. The molecule has 1 aliphatic rings. The van der Waals surface area contributed by atoms with Gasteiger partial charge in [0.1, 0.15) is 5.69 Å². The summed E-state index contributed by atoms with van der Waals surface area (Å²) in [4.78, 5) is 26.2. The first kappa shape index (κ1) is 24.5. The lowest BCUT2D eigenvalue weighted by molar-refractivity contribution is 0.219. The molecule has 9 nitrogen and oxygen atoms in total. The number of amides is 2. The molecule has 3 aromatic heterocycles. The van der Waals surface area contributed by atoms with E-state index in [1.54, 1.807) is 4.90 Å². The van der Waals surface area contributed by atoms with E-state index in [2.05, 4.69) is 30.9 Å². The number of anilines is 1. The SMILES string of the molecule is N#CCNCc1cnc(F)cc1-c1cccc2cc(-c3nc(NCCN4CCNC4=O)ncc3F)sc12. The molecule has 1 aliphatic heterocycles. The molecule has 0 radical (unpaired) electrons. The third kappa shape index (κ3) is 5.32. The van der Waals surface area contributed by atoms with Crippen molar-refractivity contribution >= 4 is 33.4 Å². The first-order valence-corrected chi connectivity index (χ1v) is 12.4. The Morgan fingerprint density at radius 3 is 2.89 bits per heavy atom. The molecule has 1 fully saturated rings. The van der Waals surface area contributed by atoms with Crippen LogP contribution in [0, 0.1) is 23.1 Å². The number of hydrogen-bond donors (Lipinski definition) is 3. The molecule has 188 valence electrons. The normalized spacial score (nSPS) is 13.1. The Labute approximate surface area is 215 Å². The summed E-state index contributed by atoms with van der Waals surface area (Å²) >= 11 is 1.35. The van der Waals surface area contributed by atoms with E-state index < -0.39 is 11.8 Å². The van der Waals surface area contributed by atoms with E-state index in [-0.39, 0.29) is 24.2 Å². The monoisotopic (exact) mass is 520 g/mol. The first-order valence-electron chi connectivity index (χ1n) is 11.6. The van der Waals surface area contributed by atoms with E-state index in [0.29, 0.717) is 43.2 Å². The van der Waals surface area contributed by atoms with Crippen molar-refractivity contribution in [3.63, 3.8) is 0 Å². The highest BCUT2D eigenvalue weighted by Gasteiger charge is 2.19. The lowest BCUT2D eigenvalue weighted by Crippen LogP contribution is -2.32. The summed E-state index contributed by atoms with van der Waals surface area (Å²) in [5.41, 5.74) is 2.32. The summed E-state index contributed by atoms with van der Waals surface area (Å²) in [6.45, 7) is 2.65. The highest BCUT2D eigenvalue weighted by molar-refractivity contribution is 7.22. The number of pyridine rings is 1. The van der Waals surface area contributed by atoms with Gasteiger partial charge in [-0.1, -0.05) is 18.2 Å².